The third kappa shape index (κ3) is 3.16. The number of hydrogen-bond donors (Lipinski definition) is 1. The van der Waals surface area contributed by atoms with Gasteiger partial charge in [-0.15, -0.1) is 0 Å². The summed E-state index contributed by atoms with van der Waals surface area (Å²) >= 11 is 0. The highest BCUT2D eigenvalue weighted by Gasteiger charge is 2.31. The molecule has 192 valence electrons. The molecule has 0 spiro atoms. The maximum absolute atomic E-state index is 5.94. The maximum atomic E-state index is 5.94. The Morgan fingerprint density at radius 3 is 2.42 bits per heavy atom. The molecule has 0 aliphatic carbocycles. The van der Waals surface area contributed by atoms with E-state index >= 15 is 0 Å². The minimum Gasteiger partial charge on any atom is -0.497 e. The van der Waals surface area contributed by atoms with Crippen LogP contribution in [0.3, 0.4) is 0 Å². The third-order valence-corrected chi connectivity index (χ3v) is 7.84. The van der Waals surface area contributed by atoms with Gasteiger partial charge in [-0.1, -0.05) is 0 Å². The number of rotatable bonds is 5. The quantitative estimate of drug-likeness (QED) is 0.302. The summed E-state index contributed by atoms with van der Waals surface area (Å²) in [6, 6.07) is 12.1. The Morgan fingerprint density at radius 2 is 1.66 bits per heavy atom. The number of pyridine rings is 2. The van der Waals surface area contributed by atoms with Crippen molar-refractivity contribution in [3.8, 4) is 34.3 Å². The molecule has 0 bridgehead atoms. The summed E-state index contributed by atoms with van der Waals surface area (Å²) in [5.74, 6) is 3.13. The SMILES string of the molecule is COc1ccc2c3c(OC)cn4c(c-3nc2c1)CCC[C@H]4c1ncc(OC)c2c1[nH]c1cc(OC)ccc12. The van der Waals surface area contributed by atoms with Crippen LogP contribution in [-0.2, 0) is 6.42 Å². The molecule has 0 saturated heterocycles. The van der Waals surface area contributed by atoms with E-state index in [9.17, 15) is 0 Å². The van der Waals surface area contributed by atoms with Gasteiger partial charge in [0.15, 0.2) is 0 Å². The summed E-state index contributed by atoms with van der Waals surface area (Å²) in [4.78, 5) is 13.7. The Labute approximate surface area is 219 Å². The van der Waals surface area contributed by atoms with Gasteiger partial charge in [0.1, 0.15) is 23.0 Å². The van der Waals surface area contributed by atoms with Crippen LogP contribution in [0.15, 0.2) is 48.8 Å². The lowest BCUT2D eigenvalue weighted by molar-refractivity contribution is 0.392. The van der Waals surface area contributed by atoms with Gasteiger partial charge in [-0.25, -0.2) is 4.98 Å². The van der Waals surface area contributed by atoms with Crippen LogP contribution in [0.1, 0.15) is 30.3 Å². The Kier molecular flexibility index (Phi) is 5.11. The first-order valence-corrected chi connectivity index (χ1v) is 12.7. The van der Waals surface area contributed by atoms with Crippen LogP contribution >= 0.6 is 0 Å². The number of benzene rings is 2. The molecular formula is C30H28N4O4. The van der Waals surface area contributed by atoms with E-state index in [0.29, 0.717) is 0 Å². The molecule has 2 aromatic heterocycles. The lowest BCUT2D eigenvalue weighted by atomic mass is 9.93. The lowest BCUT2D eigenvalue weighted by Crippen LogP contribution is -2.23. The van der Waals surface area contributed by atoms with E-state index in [-0.39, 0.29) is 6.04 Å². The second kappa shape index (κ2) is 8.55. The number of ether oxygens (including phenoxy) is 4. The van der Waals surface area contributed by atoms with Crippen molar-refractivity contribution in [2.45, 2.75) is 25.3 Å². The first kappa shape index (κ1) is 22.7. The molecule has 2 aromatic carbocycles. The van der Waals surface area contributed by atoms with E-state index in [1.165, 1.54) is 5.69 Å². The molecule has 0 fully saturated rings. The fourth-order valence-electron chi connectivity index (χ4n) is 6.06. The van der Waals surface area contributed by atoms with E-state index in [0.717, 1.165) is 91.9 Å². The zero-order valence-electron chi connectivity index (χ0n) is 21.8. The number of H-pyrrole nitrogens is 1. The standard InChI is InChI=1S/C30H28N4O4/c1-35-16-9-11-19-20(12-16)32-28-22-6-5-7-23(34(22)15-25(38-4)27(19)28)29-30-26(24(37-3)14-31-29)18-10-8-17(36-2)13-21(18)33-30/h8-15,23,33H,5-7H2,1-4H3/t23-/m0/s1. The van der Waals surface area contributed by atoms with E-state index < -0.39 is 0 Å². The molecule has 0 radical (unpaired) electrons. The first-order chi connectivity index (χ1) is 18.6. The average molecular weight is 509 g/mol. The van der Waals surface area contributed by atoms with Gasteiger partial charge >= 0.3 is 0 Å². The maximum Gasteiger partial charge on any atom is 0.147 e. The molecule has 0 amide bonds. The fourth-order valence-corrected chi connectivity index (χ4v) is 6.06. The molecule has 38 heavy (non-hydrogen) atoms. The largest absolute Gasteiger partial charge is 0.497 e. The Bertz CT molecular complexity index is 1820. The van der Waals surface area contributed by atoms with Crippen molar-refractivity contribution in [2.75, 3.05) is 28.4 Å². The second-order valence-electron chi connectivity index (χ2n) is 9.68. The smallest absolute Gasteiger partial charge is 0.147 e. The van der Waals surface area contributed by atoms with Gasteiger partial charge in [0.2, 0.25) is 0 Å². The normalized spacial score (nSPS) is 15.3. The van der Waals surface area contributed by atoms with Crippen molar-refractivity contribution in [1.82, 2.24) is 19.5 Å². The van der Waals surface area contributed by atoms with Crippen molar-refractivity contribution in [2.24, 2.45) is 0 Å². The molecular weight excluding hydrogens is 480 g/mol. The summed E-state index contributed by atoms with van der Waals surface area (Å²) < 4.78 is 24.9. The van der Waals surface area contributed by atoms with E-state index in [2.05, 4.69) is 27.9 Å². The van der Waals surface area contributed by atoms with Crippen molar-refractivity contribution in [3.05, 3.63) is 60.2 Å². The fraction of sp³-hybridized carbons (Fsp3) is 0.267. The minimum atomic E-state index is 0.00904. The second-order valence-corrected chi connectivity index (χ2v) is 9.68. The molecule has 4 aromatic rings. The molecule has 1 atom stereocenters. The Morgan fingerprint density at radius 1 is 0.895 bits per heavy atom. The molecule has 7 rings (SSSR count). The zero-order valence-corrected chi connectivity index (χ0v) is 21.8. The van der Waals surface area contributed by atoms with Gasteiger partial charge in [0, 0.05) is 34.8 Å². The van der Waals surface area contributed by atoms with Crippen LogP contribution in [0, 0.1) is 0 Å². The number of nitrogens with one attached hydrogen (secondary N) is 1. The summed E-state index contributed by atoms with van der Waals surface area (Å²) in [5.41, 5.74) is 7.05. The Hall–Kier alpha value is -4.46. The number of aromatic nitrogens is 4. The van der Waals surface area contributed by atoms with E-state index in [1.54, 1.807) is 28.4 Å². The molecule has 1 N–H and O–H groups in total. The van der Waals surface area contributed by atoms with Gasteiger partial charge < -0.3 is 28.5 Å². The van der Waals surface area contributed by atoms with Crippen molar-refractivity contribution in [1.29, 1.82) is 0 Å². The molecule has 3 aliphatic heterocycles. The predicted molar refractivity (Wildman–Crippen MR) is 147 cm³/mol. The van der Waals surface area contributed by atoms with E-state index in [1.807, 2.05) is 30.5 Å². The van der Waals surface area contributed by atoms with Crippen LogP contribution in [0.2, 0.25) is 0 Å². The van der Waals surface area contributed by atoms with Gasteiger partial charge in [0.05, 0.1) is 79.6 Å². The molecule has 3 aliphatic rings. The highest BCUT2D eigenvalue weighted by Crippen LogP contribution is 2.46. The average Bonchev–Trinajstić information content (AvgIpc) is 3.54. The van der Waals surface area contributed by atoms with Crippen LogP contribution in [0.25, 0.3) is 44.0 Å². The lowest BCUT2D eigenvalue weighted by Gasteiger charge is -2.31. The van der Waals surface area contributed by atoms with Crippen LogP contribution in [-0.4, -0.2) is 48.0 Å². The number of nitrogens with zero attached hydrogens (tertiary/aromatic N) is 3. The number of fused-ring (bicyclic) bond motifs is 8. The molecule has 0 unspecified atom stereocenters. The number of hydrogen-bond acceptors (Lipinski definition) is 6. The van der Waals surface area contributed by atoms with Crippen molar-refractivity contribution < 1.29 is 18.9 Å². The number of methoxy groups -OCH3 is 4. The highest BCUT2D eigenvalue weighted by molar-refractivity contribution is 6.11. The van der Waals surface area contributed by atoms with Crippen LogP contribution in [0.5, 0.6) is 23.0 Å². The number of aromatic amines is 1. The van der Waals surface area contributed by atoms with Crippen molar-refractivity contribution >= 4 is 32.7 Å². The van der Waals surface area contributed by atoms with Gasteiger partial charge in [-0.05, 0) is 43.5 Å². The van der Waals surface area contributed by atoms with Crippen LogP contribution in [0.4, 0.5) is 0 Å². The van der Waals surface area contributed by atoms with Gasteiger partial charge in [-0.2, -0.15) is 0 Å². The molecule has 0 saturated carbocycles. The predicted octanol–water partition coefficient (Wildman–Crippen LogP) is 6.13. The van der Waals surface area contributed by atoms with Crippen LogP contribution < -0.4 is 18.9 Å². The monoisotopic (exact) mass is 508 g/mol. The summed E-state index contributed by atoms with van der Waals surface area (Å²) in [6.07, 6.45) is 6.87. The van der Waals surface area contributed by atoms with Gasteiger partial charge in [-0.3, -0.25) is 4.98 Å². The molecule has 8 nitrogen and oxygen atoms in total. The summed E-state index contributed by atoms with van der Waals surface area (Å²) in [6.45, 7) is 0. The Balaban J connectivity index is 1.49. The third-order valence-electron chi connectivity index (χ3n) is 7.84. The zero-order chi connectivity index (χ0) is 26.0. The molecule has 5 heterocycles. The van der Waals surface area contributed by atoms with Crippen molar-refractivity contribution in [3.63, 3.8) is 0 Å². The minimum absolute atomic E-state index is 0.00904. The van der Waals surface area contributed by atoms with E-state index in [4.69, 9.17) is 28.9 Å². The summed E-state index contributed by atoms with van der Waals surface area (Å²) in [7, 11) is 6.76. The topological polar surface area (TPSA) is 83.4 Å². The first-order valence-electron chi connectivity index (χ1n) is 12.7. The summed E-state index contributed by atoms with van der Waals surface area (Å²) in [5, 5.41) is 3.17. The molecule has 8 heteroatoms. The highest BCUT2D eigenvalue weighted by atomic mass is 16.5. The van der Waals surface area contributed by atoms with Gasteiger partial charge in [0.25, 0.3) is 0 Å².